The molecule has 0 unspecified atom stereocenters. The van der Waals surface area contributed by atoms with Gasteiger partial charge in [0.2, 0.25) is 0 Å². The molecule has 0 atom stereocenters. The average molecular weight is 287 g/mol. The Balaban J connectivity index is 2.22. The van der Waals surface area contributed by atoms with Gasteiger partial charge in [-0.25, -0.2) is 4.98 Å². The maximum atomic E-state index is 4.64. The lowest BCUT2D eigenvalue weighted by Crippen LogP contribution is -1.81. The fraction of sp³-hybridized carbons (Fsp3) is 0.0714. The fourth-order valence-electron chi connectivity index (χ4n) is 1.95. The molecule has 0 radical (unpaired) electrons. The summed E-state index contributed by atoms with van der Waals surface area (Å²) in [6.45, 7) is 2.11. The number of hydrogen-bond acceptors (Lipinski definition) is 1. The van der Waals surface area contributed by atoms with Crippen molar-refractivity contribution in [3.05, 3.63) is 58.8 Å². The van der Waals surface area contributed by atoms with Crippen molar-refractivity contribution in [2.45, 2.75) is 6.92 Å². The SMILES string of the molecule is Cc1ccccc1-c1cn2ccc(Br)cc2n1. The Hall–Kier alpha value is -1.61. The van der Waals surface area contributed by atoms with E-state index in [-0.39, 0.29) is 0 Å². The van der Waals surface area contributed by atoms with E-state index in [1.165, 1.54) is 11.1 Å². The molecular formula is C14H11BrN2. The van der Waals surface area contributed by atoms with Crippen LogP contribution in [0.3, 0.4) is 0 Å². The molecule has 0 saturated carbocycles. The van der Waals surface area contributed by atoms with Gasteiger partial charge in [0.1, 0.15) is 5.65 Å². The zero-order chi connectivity index (χ0) is 11.8. The summed E-state index contributed by atoms with van der Waals surface area (Å²) in [5.41, 5.74) is 4.40. The van der Waals surface area contributed by atoms with Crippen molar-refractivity contribution in [1.82, 2.24) is 9.38 Å². The first-order valence-corrected chi connectivity index (χ1v) is 6.23. The molecule has 84 valence electrons. The molecule has 3 rings (SSSR count). The highest BCUT2D eigenvalue weighted by molar-refractivity contribution is 9.10. The van der Waals surface area contributed by atoms with Crippen molar-refractivity contribution >= 4 is 21.6 Å². The van der Waals surface area contributed by atoms with Gasteiger partial charge in [0.05, 0.1) is 5.69 Å². The number of hydrogen-bond donors (Lipinski definition) is 0. The minimum absolute atomic E-state index is 0.956. The van der Waals surface area contributed by atoms with Crippen LogP contribution in [0.1, 0.15) is 5.56 Å². The van der Waals surface area contributed by atoms with Gasteiger partial charge in [-0.15, -0.1) is 0 Å². The largest absolute Gasteiger partial charge is 0.306 e. The smallest absolute Gasteiger partial charge is 0.138 e. The van der Waals surface area contributed by atoms with E-state index in [4.69, 9.17) is 0 Å². The predicted octanol–water partition coefficient (Wildman–Crippen LogP) is 4.07. The molecule has 1 aromatic carbocycles. The van der Waals surface area contributed by atoms with Gasteiger partial charge in [-0.1, -0.05) is 40.2 Å². The Labute approximate surface area is 108 Å². The zero-order valence-electron chi connectivity index (χ0n) is 9.39. The third-order valence-corrected chi connectivity index (χ3v) is 3.34. The summed E-state index contributed by atoms with van der Waals surface area (Å²) in [6, 6.07) is 12.3. The summed E-state index contributed by atoms with van der Waals surface area (Å²) >= 11 is 3.46. The van der Waals surface area contributed by atoms with Crippen molar-refractivity contribution in [3.63, 3.8) is 0 Å². The quantitative estimate of drug-likeness (QED) is 0.659. The maximum absolute atomic E-state index is 4.64. The molecule has 0 bridgehead atoms. The Bertz CT molecular complexity index is 686. The van der Waals surface area contributed by atoms with E-state index in [1.54, 1.807) is 0 Å². The monoisotopic (exact) mass is 286 g/mol. The molecule has 0 N–H and O–H groups in total. The molecule has 0 spiro atoms. The number of halogens is 1. The molecule has 3 heteroatoms. The van der Waals surface area contributed by atoms with Gasteiger partial charge in [0.15, 0.2) is 0 Å². The van der Waals surface area contributed by atoms with Crippen LogP contribution in [0, 0.1) is 6.92 Å². The highest BCUT2D eigenvalue weighted by Gasteiger charge is 2.06. The van der Waals surface area contributed by atoms with Gasteiger partial charge in [-0.3, -0.25) is 0 Å². The lowest BCUT2D eigenvalue weighted by Gasteiger charge is -1.99. The van der Waals surface area contributed by atoms with Crippen LogP contribution in [-0.2, 0) is 0 Å². The minimum Gasteiger partial charge on any atom is -0.306 e. The molecule has 0 aliphatic carbocycles. The van der Waals surface area contributed by atoms with E-state index < -0.39 is 0 Å². The van der Waals surface area contributed by atoms with E-state index in [0.717, 1.165) is 15.8 Å². The number of nitrogens with zero attached hydrogens (tertiary/aromatic N) is 2. The molecular weight excluding hydrogens is 276 g/mol. The molecule has 17 heavy (non-hydrogen) atoms. The Morgan fingerprint density at radius 1 is 1.18 bits per heavy atom. The average Bonchev–Trinajstić information content (AvgIpc) is 2.72. The molecule has 0 aliphatic rings. The van der Waals surface area contributed by atoms with Crippen LogP contribution in [0.25, 0.3) is 16.9 Å². The van der Waals surface area contributed by atoms with E-state index in [0.29, 0.717) is 0 Å². The van der Waals surface area contributed by atoms with Crippen LogP contribution in [0.5, 0.6) is 0 Å². The van der Waals surface area contributed by atoms with Gasteiger partial charge in [0, 0.05) is 22.4 Å². The first-order valence-electron chi connectivity index (χ1n) is 5.44. The number of fused-ring (bicyclic) bond motifs is 1. The number of rotatable bonds is 1. The minimum atomic E-state index is 0.956. The maximum Gasteiger partial charge on any atom is 0.138 e. The van der Waals surface area contributed by atoms with Gasteiger partial charge >= 0.3 is 0 Å². The third-order valence-electron chi connectivity index (χ3n) is 2.84. The van der Waals surface area contributed by atoms with Gasteiger partial charge < -0.3 is 4.40 Å². The van der Waals surface area contributed by atoms with E-state index >= 15 is 0 Å². The van der Waals surface area contributed by atoms with Crippen molar-refractivity contribution in [2.75, 3.05) is 0 Å². The standard InChI is InChI=1S/C14H11BrN2/c1-10-4-2-3-5-12(10)13-9-17-7-6-11(15)8-14(17)16-13/h2-9H,1H3. The Morgan fingerprint density at radius 3 is 2.82 bits per heavy atom. The van der Waals surface area contributed by atoms with Crippen LogP contribution < -0.4 is 0 Å². The highest BCUT2D eigenvalue weighted by Crippen LogP contribution is 2.23. The summed E-state index contributed by atoms with van der Waals surface area (Å²) in [5.74, 6) is 0. The van der Waals surface area contributed by atoms with Crippen LogP contribution in [0.4, 0.5) is 0 Å². The molecule has 3 aromatic rings. The van der Waals surface area contributed by atoms with Crippen molar-refractivity contribution in [1.29, 1.82) is 0 Å². The lowest BCUT2D eigenvalue weighted by atomic mass is 10.1. The van der Waals surface area contributed by atoms with Gasteiger partial charge in [0.25, 0.3) is 0 Å². The summed E-state index contributed by atoms with van der Waals surface area (Å²) in [7, 11) is 0. The molecule has 2 nitrogen and oxygen atoms in total. The predicted molar refractivity (Wildman–Crippen MR) is 73.1 cm³/mol. The first-order chi connectivity index (χ1) is 8.24. The fourth-order valence-corrected chi connectivity index (χ4v) is 2.27. The zero-order valence-corrected chi connectivity index (χ0v) is 11.0. The summed E-state index contributed by atoms with van der Waals surface area (Å²) < 4.78 is 3.08. The van der Waals surface area contributed by atoms with E-state index in [2.05, 4.69) is 46.2 Å². The Morgan fingerprint density at radius 2 is 2.00 bits per heavy atom. The lowest BCUT2D eigenvalue weighted by molar-refractivity contribution is 1.18. The molecule has 0 fully saturated rings. The summed E-state index contributed by atoms with van der Waals surface area (Å²) in [5, 5.41) is 0. The molecule has 2 heterocycles. The number of pyridine rings is 1. The van der Waals surface area contributed by atoms with Crippen molar-refractivity contribution < 1.29 is 0 Å². The van der Waals surface area contributed by atoms with Crippen LogP contribution >= 0.6 is 15.9 Å². The summed E-state index contributed by atoms with van der Waals surface area (Å²) in [6.07, 6.45) is 4.07. The molecule has 0 saturated heterocycles. The second-order valence-corrected chi connectivity index (χ2v) is 4.97. The molecule has 0 aliphatic heterocycles. The summed E-state index contributed by atoms with van der Waals surface area (Å²) in [4.78, 5) is 4.64. The number of imidazole rings is 1. The van der Waals surface area contributed by atoms with Crippen LogP contribution in [-0.4, -0.2) is 9.38 Å². The number of aryl methyl sites for hydroxylation is 1. The molecule has 0 amide bonds. The van der Waals surface area contributed by atoms with Crippen LogP contribution in [0.15, 0.2) is 53.3 Å². The van der Waals surface area contributed by atoms with Gasteiger partial charge in [-0.2, -0.15) is 0 Å². The second kappa shape index (κ2) is 4.00. The van der Waals surface area contributed by atoms with Gasteiger partial charge in [-0.05, 0) is 24.6 Å². The number of aromatic nitrogens is 2. The topological polar surface area (TPSA) is 17.3 Å². The third kappa shape index (κ3) is 1.87. The van der Waals surface area contributed by atoms with E-state index in [9.17, 15) is 0 Å². The molecule has 2 aromatic heterocycles. The first kappa shape index (κ1) is 10.5. The van der Waals surface area contributed by atoms with Crippen molar-refractivity contribution in [2.24, 2.45) is 0 Å². The Kier molecular flexibility index (Phi) is 2.48. The van der Waals surface area contributed by atoms with E-state index in [1.807, 2.05) is 34.9 Å². The van der Waals surface area contributed by atoms with Crippen LogP contribution in [0.2, 0.25) is 0 Å². The second-order valence-electron chi connectivity index (χ2n) is 4.05. The number of benzene rings is 1. The highest BCUT2D eigenvalue weighted by atomic mass is 79.9. The normalized spacial score (nSPS) is 10.9. The van der Waals surface area contributed by atoms with Crippen molar-refractivity contribution in [3.8, 4) is 11.3 Å².